The molecule has 0 spiro atoms. The highest BCUT2D eigenvalue weighted by molar-refractivity contribution is 5.14. The van der Waals surface area contributed by atoms with Crippen LogP contribution in [0.4, 0.5) is 0 Å². The maximum absolute atomic E-state index is 11.1. The molecule has 1 aliphatic heterocycles. The number of aromatic nitrogens is 2. The van der Waals surface area contributed by atoms with Crippen LogP contribution in [0.3, 0.4) is 0 Å². The SMILES string of the molecule is O=c1[nH]cncc1C1CNC1. The summed E-state index contributed by atoms with van der Waals surface area (Å²) in [5.74, 6) is 0.368. The molecule has 0 aromatic carbocycles. The van der Waals surface area contributed by atoms with E-state index < -0.39 is 0 Å². The van der Waals surface area contributed by atoms with Gasteiger partial charge >= 0.3 is 0 Å². The Labute approximate surface area is 63.7 Å². The van der Waals surface area contributed by atoms with E-state index in [1.807, 2.05) is 0 Å². The van der Waals surface area contributed by atoms with Crippen LogP contribution in [0, 0.1) is 0 Å². The van der Waals surface area contributed by atoms with Gasteiger partial charge in [0.05, 0.1) is 6.33 Å². The molecule has 0 unspecified atom stereocenters. The van der Waals surface area contributed by atoms with Crippen molar-refractivity contribution in [2.24, 2.45) is 0 Å². The molecule has 4 nitrogen and oxygen atoms in total. The summed E-state index contributed by atoms with van der Waals surface area (Å²) < 4.78 is 0. The third-order valence-electron chi connectivity index (χ3n) is 1.97. The van der Waals surface area contributed by atoms with Crippen LogP contribution in [0.15, 0.2) is 17.3 Å². The van der Waals surface area contributed by atoms with Crippen molar-refractivity contribution in [3.05, 3.63) is 28.4 Å². The molecule has 0 bridgehead atoms. The summed E-state index contributed by atoms with van der Waals surface area (Å²) in [6.45, 7) is 1.80. The van der Waals surface area contributed by atoms with Crippen LogP contribution in [0.2, 0.25) is 0 Å². The average molecular weight is 151 g/mol. The van der Waals surface area contributed by atoms with Gasteiger partial charge < -0.3 is 10.3 Å². The first-order chi connectivity index (χ1) is 5.38. The lowest BCUT2D eigenvalue weighted by Crippen LogP contribution is -2.42. The zero-order valence-corrected chi connectivity index (χ0v) is 6.00. The monoisotopic (exact) mass is 151 g/mol. The highest BCUT2D eigenvalue weighted by Gasteiger charge is 2.21. The number of hydrogen-bond acceptors (Lipinski definition) is 3. The fourth-order valence-electron chi connectivity index (χ4n) is 1.15. The lowest BCUT2D eigenvalue weighted by Gasteiger charge is -2.25. The lowest BCUT2D eigenvalue weighted by molar-refractivity contribution is 0.444. The third-order valence-corrected chi connectivity index (χ3v) is 1.97. The van der Waals surface area contributed by atoms with Gasteiger partial charge in [-0.1, -0.05) is 0 Å². The number of hydrogen-bond donors (Lipinski definition) is 2. The summed E-state index contributed by atoms with van der Waals surface area (Å²) in [6, 6.07) is 0. The van der Waals surface area contributed by atoms with Crippen molar-refractivity contribution in [1.29, 1.82) is 0 Å². The van der Waals surface area contributed by atoms with Crippen LogP contribution < -0.4 is 10.9 Å². The fourth-order valence-corrected chi connectivity index (χ4v) is 1.15. The quantitative estimate of drug-likeness (QED) is 0.566. The van der Waals surface area contributed by atoms with Gasteiger partial charge in [0.25, 0.3) is 5.56 Å². The third kappa shape index (κ3) is 1.05. The summed E-state index contributed by atoms with van der Waals surface area (Å²) in [4.78, 5) is 17.5. The molecule has 0 atom stereocenters. The number of nitrogens with one attached hydrogen (secondary N) is 2. The second-order valence-electron chi connectivity index (χ2n) is 2.69. The van der Waals surface area contributed by atoms with E-state index >= 15 is 0 Å². The molecule has 11 heavy (non-hydrogen) atoms. The Morgan fingerprint density at radius 2 is 2.36 bits per heavy atom. The van der Waals surface area contributed by atoms with Gasteiger partial charge in [0.2, 0.25) is 0 Å². The van der Waals surface area contributed by atoms with E-state index in [0.717, 1.165) is 18.7 Å². The van der Waals surface area contributed by atoms with Crippen molar-refractivity contribution in [3.8, 4) is 0 Å². The van der Waals surface area contributed by atoms with Gasteiger partial charge in [-0.3, -0.25) is 4.79 Å². The predicted octanol–water partition coefficient (Wildman–Crippen LogP) is -0.543. The maximum Gasteiger partial charge on any atom is 0.254 e. The first-order valence-electron chi connectivity index (χ1n) is 3.61. The Hall–Kier alpha value is -1.16. The van der Waals surface area contributed by atoms with Crippen molar-refractivity contribution in [3.63, 3.8) is 0 Å². The molecule has 2 rings (SSSR count). The van der Waals surface area contributed by atoms with Gasteiger partial charge in [-0.2, -0.15) is 0 Å². The van der Waals surface area contributed by atoms with E-state index in [1.54, 1.807) is 6.20 Å². The summed E-state index contributed by atoms with van der Waals surface area (Å²) in [5, 5.41) is 3.11. The van der Waals surface area contributed by atoms with E-state index in [0.29, 0.717) is 5.92 Å². The molecule has 0 radical (unpaired) electrons. The molecular weight excluding hydrogens is 142 g/mol. The molecule has 58 valence electrons. The molecular formula is C7H9N3O. The van der Waals surface area contributed by atoms with Crippen molar-refractivity contribution in [1.82, 2.24) is 15.3 Å². The molecule has 1 aromatic rings. The molecule has 0 saturated carbocycles. The Bertz CT molecular complexity index is 303. The minimum absolute atomic E-state index is 0.00787. The van der Waals surface area contributed by atoms with Crippen LogP contribution in [-0.4, -0.2) is 23.1 Å². The Morgan fingerprint density at radius 3 is 2.91 bits per heavy atom. The highest BCUT2D eigenvalue weighted by Crippen LogP contribution is 2.13. The average Bonchev–Trinajstić information content (AvgIpc) is 1.90. The van der Waals surface area contributed by atoms with Crippen LogP contribution in [0.5, 0.6) is 0 Å². The van der Waals surface area contributed by atoms with Gasteiger partial charge in [0.1, 0.15) is 0 Å². The zero-order valence-electron chi connectivity index (χ0n) is 6.00. The van der Waals surface area contributed by atoms with Gasteiger partial charge in [-0.15, -0.1) is 0 Å². The van der Waals surface area contributed by atoms with Gasteiger partial charge in [0.15, 0.2) is 0 Å². The fraction of sp³-hybridized carbons (Fsp3) is 0.429. The molecule has 4 heteroatoms. The van der Waals surface area contributed by atoms with Crippen LogP contribution in [0.1, 0.15) is 11.5 Å². The molecule has 1 saturated heterocycles. The van der Waals surface area contributed by atoms with Crippen LogP contribution in [0.25, 0.3) is 0 Å². The van der Waals surface area contributed by atoms with E-state index in [9.17, 15) is 4.79 Å². The summed E-state index contributed by atoms with van der Waals surface area (Å²) in [5.41, 5.74) is 0.790. The van der Waals surface area contributed by atoms with Crippen molar-refractivity contribution < 1.29 is 0 Å². The summed E-state index contributed by atoms with van der Waals surface area (Å²) >= 11 is 0. The minimum atomic E-state index is -0.00787. The summed E-state index contributed by atoms with van der Waals surface area (Å²) in [7, 11) is 0. The largest absolute Gasteiger partial charge is 0.315 e. The van der Waals surface area contributed by atoms with Crippen molar-refractivity contribution >= 4 is 0 Å². The highest BCUT2D eigenvalue weighted by atomic mass is 16.1. The second kappa shape index (κ2) is 2.47. The maximum atomic E-state index is 11.1. The lowest BCUT2D eigenvalue weighted by atomic mass is 9.96. The minimum Gasteiger partial charge on any atom is -0.315 e. The smallest absolute Gasteiger partial charge is 0.254 e. The molecule has 1 aromatic heterocycles. The normalized spacial score (nSPS) is 17.8. The molecule has 2 heterocycles. The number of rotatable bonds is 1. The molecule has 0 amide bonds. The molecule has 0 aliphatic carbocycles. The van der Waals surface area contributed by atoms with Crippen LogP contribution in [-0.2, 0) is 0 Å². The summed E-state index contributed by atoms with van der Waals surface area (Å²) in [6.07, 6.45) is 3.06. The van der Waals surface area contributed by atoms with E-state index in [-0.39, 0.29) is 5.56 Å². The van der Waals surface area contributed by atoms with Crippen LogP contribution >= 0.6 is 0 Å². The standard InChI is InChI=1S/C7H9N3O/c11-7-6(3-9-4-10-7)5-1-8-2-5/h3-5,8H,1-2H2,(H,9,10,11). The Balaban J connectivity index is 2.36. The Kier molecular flexibility index (Phi) is 1.47. The first kappa shape index (κ1) is 6.54. The van der Waals surface area contributed by atoms with Gasteiger partial charge in [0, 0.05) is 30.8 Å². The first-order valence-corrected chi connectivity index (χ1v) is 3.61. The van der Waals surface area contributed by atoms with E-state index in [1.165, 1.54) is 6.33 Å². The van der Waals surface area contributed by atoms with Crippen molar-refractivity contribution in [2.75, 3.05) is 13.1 Å². The van der Waals surface area contributed by atoms with Gasteiger partial charge in [-0.25, -0.2) is 4.98 Å². The van der Waals surface area contributed by atoms with Crippen molar-refractivity contribution in [2.45, 2.75) is 5.92 Å². The predicted molar refractivity (Wildman–Crippen MR) is 40.5 cm³/mol. The van der Waals surface area contributed by atoms with E-state index in [2.05, 4.69) is 15.3 Å². The van der Waals surface area contributed by atoms with Gasteiger partial charge in [-0.05, 0) is 0 Å². The molecule has 2 N–H and O–H groups in total. The number of aromatic amines is 1. The van der Waals surface area contributed by atoms with E-state index in [4.69, 9.17) is 0 Å². The molecule has 1 aliphatic rings. The topological polar surface area (TPSA) is 57.8 Å². The zero-order chi connectivity index (χ0) is 7.68. The second-order valence-corrected chi connectivity index (χ2v) is 2.69. The Morgan fingerprint density at radius 1 is 1.55 bits per heavy atom. The number of H-pyrrole nitrogens is 1. The molecule has 1 fully saturated rings. The number of nitrogens with zero attached hydrogens (tertiary/aromatic N) is 1.